The summed E-state index contributed by atoms with van der Waals surface area (Å²) in [5.41, 5.74) is 3.66. The van der Waals surface area contributed by atoms with E-state index >= 15 is 0 Å². The third kappa shape index (κ3) is 5.58. The standard InChI is InChI=1S/C19H23F3N4O2Si/c1-29(2,3)10-5-15-14-12-23-16(18(27)25-6-4-8-28-9-7-25)11-17(14)26(24-15)13-19(20,21)22/h11-12H,4,6-9,13H2,1-3H3. The third-order valence-corrected chi connectivity index (χ3v) is 5.12. The average Bonchev–Trinajstić information content (AvgIpc) is 2.80. The highest BCUT2D eigenvalue weighted by molar-refractivity contribution is 6.83. The largest absolute Gasteiger partial charge is 0.408 e. The van der Waals surface area contributed by atoms with Crippen molar-refractivity contribution < 1.29 is 22.7 Å². The monoisotopic (exact) mass is 424 g/mol. The van der Waals surface area contributed by atoms with Gasteiger partial charge in [0.05, 0.1) is 17.5 Å². The maximum Gasteiger partial charge on any atom is 0.408 e. The summed E-state index contributed by atoms with van der Waals surface area (Å²) >= 11 is 0. The van der Waals surface area contributed by atoms with Crippen LogP contribution in [0.5, 0.6) is 0 Å². The fourth-order valence-electron chi connectivity index (χ4n) is 2.93. The van der Waals surface area contributed by atoms with E-state index in [1.54, 1.807) is 4.90 Å². The number of carbonyl (C=O) groups is 1. The summed E-state index contributed by atoms with van der Waals surface area (Å²) in [6, 6.07) is 1.38. The van der Waals surface area contributed by atoms with Crippen molar-refractivity contribution in [3.63, 3.8) is 0 Å². The van der Waals surface area contributed by atoms with Crippen molar-refractivity contribution in [2.45, 2.75) is 38.8 Å². The highest BCUT2D eigenvalue weighted by Crippen LogP contribution is 2.24. The Bertz CT molecular complexity index is 962. The summed E-state index contributed by atoms with van der Waals surface area (Å²) in [6.45, 7) is 6.80. The normalized spacial score (nSPS) is 15.7. The molecule has 0 bridgehead atoms. The zero-order valence-electron chi connectivity index (χ0n) is 16.6. The Morgan fingerprint density at radius 3 is 2.72 bits per heavy atom. The number of hydrogen-bond acceptors (Lipinski definition) is 4. The van der Waals surface area contributed by atoms with Crippen molar-refractivity contribution >= 4 is 24.9 Å². The number of ether oxygens (including phenoxy) is 1. The van der Waals surface area contributed by atoms with E-state index in [4.69, 9.17) is 4.74 Å². The number of rotatable bonds is 2. The van der Waals surface area contributed by atoms with Crippen LogP contribution in [0.3, 0.4) is 0 Å². The van der Waals surface area contributed by atoms with Crippen LogP contribution in [-0.2, 0) is 11.3 Å². The predicted molar refractivity (Wildman–Crippen MR) is 105 cm³/mol. The molecule has 1 aliphatic rings. The summed E-state index contributed by atoms with van der Waals surface area (Å²) in [5.74, 6) is 2.59. The Balaban J connectivity index is 2.03. The van der Waals surface area contributed by atoms with Crippen LogP contribution in [0.2, 0.25) is 19.6 Å². The number of hydrogen-bond donors (Lipinski definition) is 0. The summed E-state index contributed by atoms with van der Waals surface area (Å²) in [4.78, 5) is 18.6. The van der Waals surface area contributed by atoms with Crippen LogP contribution in [0.4, 0.5) is 13.2 Å². The van der Waals surface area contributed by atoms with E-state index < -0.39 is 20.8 Å². The summed E-state index contributed by atoms with van der Waals surface area (Å²) < 4.78 is 45.4. The lowest BCUT2D eigenvalue weighted by Gasteiger charge is -2.19. The van der Waals surface area contributed by atoms with Gasteiger partial charge in [-0.05, 0) is 12.5 Å². The number of pyridine rings is 1. The number of nitrogens with zero attached hydrogens (tertiary/aromatic N) is 4. The second-order valence-corrected chi connectivity index (χ2v) is 12.7. The maximum atomic E-state index is 13.1. The molecule has 156 valence electrons. The van der Waals surface area contributed by atoms with E-state index in [2.05, 4.69) is 21.5 Å². The predicted octanol–water partition coefficient (Wildman–Crippen LogP) is 3.09. The number of halogens is 3. The quantitative estimate of drug-likeness (QED) is 0.549. The second-order valence-electron chi connectivity index (χ2n) is 7.97. The van der Waals surface area contributed by atoms with Crippen LogP contribution in [0.25, 0.3) is 10.9 Å². The van der Waals surface area contributed by atoms with Crippen molar-refractivity contribution in [3.8, 4) is 11.5 Å². The average molecular weight is 424 g/mol. The fourth-order valence-corrected chi connectivity index (χ4v) is 3.42. The molecule has 1 fully saturated rings. The Morgan fingerprint density at radius 2 is 2.03 bits per heavy atom. The Kier molecular flexibility index (Phi) is 6.00. The van der Waals surface area contributed by atoms with Gasteiger partial charge >= 0.3 is 6.18 Å². The van der Waals surface area contributed by atoms with Gasteiger partial charge in [0.15, 0.2) is 0 Å². The molecule has 29 heavy (non-hydrogen) atoms. The van der Waals surface area contributed by atoms with Crippen LogP contribution in [0, 0.1) is 11.5 Å². The fraction of sp³-hybridized carbons (Fsp3) is 0.526. The lowest BCUT2D eigenvalue weighted by Crippen LogP contribution is -2.33. The molecule has 1 saturated heterocycles. The molecule has 1 aliphatic heterocycles. The highest BCUT2D eigenvalue weighted by Gasteiger charge is 2.30. The first-order valence-electron chi connectivity index (χ1n) is 9.37. The van der Waals surface area contributed by atoms with Gasteiger partial charge < -0.3 is 9.64 Å². The van der Waals surface area contributed by atoms with Gasteiger partial charge in [-0.1, -0.05) is 25.6 Å². The Hall–Kier alpha value is -2.38. The zero-order valence-corrected chi connectivity index (χ0v) is 17.6. The molecule has 0 spiro atoms. The van der Waals surface area contributed by atoms with Crippen LogP contribution in [0.1, 0.15) is 22.6 Å². The molecular weight excluding hydrogens is 401 g/mol. The molecule has 0 aliphatic carbocycles. The van der Waals surface area contributed by atoms with E-state index in [0.717, 1.165) is 4.68 Å². The molecule has 1 amide bonds. The lowest BCUT2D eigenvalue weighted by molar-refractivity contribution is -0.141. The van der Waals surface area contributed by atoms with Gasteiger partial charge in [-0.25, -0.2) is 0 Å². The van der Waals surface area contributed by atoms with Gasteiger partial charge in [0.1, 0.15) is 26.0 Å². The minimum absolute atomic E-state index is 0.0902. The minimum Gasteiger partial charge on any atom is -0.380 e. The molecular formula is C19H23F3N4O2Si. The van der Waals surface area contributed by atoms with Crippen molar-refractivity contribution in [1.29, 1.82) is 0 Å². The van der Waals surface area contributed by atoms with E-state index in [-0.39, 0.29) is 22.8 Å². The van der Waals surface area contributed by atoms with E-state index in [1.165, 1.54) is 12.3 Å². The number of alkyl halides is 3. The molecule has 3 rings (SSSR count). The third-order valence-electron chi connectivity index (χ3n) is 4.25. The van der Waals surface area contributed by atoms with Crippen LogP contribution in [-0.4, -0.2) is 66.1 Å². The second kappa shape index (κ2) is 8.16. The Labute approximate surface area is 168 Å². The summed E-state index contributed by atoms with van der Waals surface area (Å²) in [5, 5.41) is 4.48. The van der Waals surface area contributed by atoms with Crippen molar-refractivity contribution in [3.05, 3.63) is 23.7 Å². The van der Waals surface area contributed by atoms with Gasteiger partial charge in [-0.3, -0.25) is 14.5 Å². The van der Waals surface area contributed by atoms with Crippen LogP contribution >= 0.6 is 0 Å². The van der Waals surface area contributed by atoms with Crippen molar-refractivity contribution in [2.24, 2.45) is 0 Å². The number of fused-ring (bicyclic) bond motifs is 1. The van der Waals surface area contributed by atoms with Crippen molar-refractivity contribution in [1.82, 2.24) is 19.7 Å². The van der Waals surface area contributed by atoms with E-state index in [9.17, 15) is 18.0 Å². The molecule has 0 radical (unpaired) electrons. The number of aromatic nitrogens is 3. The van der Waals surface area contributed by atoms with Crippen LogP contribution in [0.15, 0.2) is 12.3 Å². The first-order chi connectivity index (χ1) is 13.5. The molecule has 0 atom stereocenters. The van der Waals surface area contributed by atoms with Gasteiger partial charge in [0.25, 0.3) is 5.91 Å². The van der Waals surface area contributed by atoms with Crippen LogP contribution < -0.4 is 0 Å². The Morgan fingerprint density at radius 1 is 1.28 bits per heavy atom. The SMILES string of the molecule is C[Si](C)(C)C#Cc1nn(CC(F)(F)F)c2cc(C(=O)N3CCCOCC3)ncc12. The topological polar surface area (TPSA) is 60.2 Å². The molecule has 6 nitrogen and oxygen atoms in total. The number of carbonyl (C=O) groups excluding carboxylic acids is 1. The first-order valence-corrected chi connectivity index (χ1v) is 12.9. The molecule has 10 heteroatoms. The molecule has 0 aromatic carbocycles. The van der Waals surface area contributed by atoms with Gasteiger partial charge in [-0.2, -0.15) is 18.3 Å². The molecule has 2 aromatic rings. The van der Waals surface area contributed by atoms with Gasteiger partial charge in [0.2, 0.25) is 0 Å². The van der Waals surface area contributed by atoms with Gasteiger partial charge in [0, 0.05) is 25.9 Å². The highest BCUT2D eigenvalue weighted by atomic mass is 28.3. The van der Waals surface area contributed by atoms with Crippen molar-refractivity contribution in [2.75, 3.05) is 26.3 Å². The molecule has 0 saturated carbocycles. The minimum atomic E-state index is -4.45. The van der Waals surface area contributed by atoms with Gasteiger partial charge in [-0.15, -0.1) is 5.54 Å². The zero-order chi connectivity index (χ0) is 21.2. The molecule has 3 heterocycles. The molecule has 0 unspecified atom stereocenters. The number of amides is 1. The smallest absolute Gasteiger partial charge is 0.380 e. The van der Waals surface area contributed by atoms with E-state index in [0.29, 0.717) is 38.1 Å². The first kappa shape index (κ1) is 21.3. The summed E-state index contributed by atoms with van der Waals surface area (Å²) in [6.07, 6.45) is -2.35. The summed E-state index contributed by atoms with van der Waals surface area (Å²) in [7, 11) is -1.75. The van der Waals surface area contributed by atoms with E-state index in [1.807, 2.05) is 19.6 Å². The molecule has 0 N–H and O–H groups in total. The lowest BCUT2D eigenvalue weighted by atomic mass is 10.2. The maximum absolute atomic E-state index is 13.1. The molecule has 2 aromatic heterocycles.